The van der Waals surface area contributed by atoms with Crippen molar-refractivity contribution < 1.29 is 38.5 Å². The standard InChI is InChI=1S/C18H20BrFN2O3.C2H2O4/c1-22(10-12-4-6-14(24-2)9-17(12)25-3)11-18(23)21-16-7-5-13(19)8-15(16)20;3-1(4)2(5)6/h4-9H,10-11H2,1-3H3,(H,21,23);(H,3,4)(H,5,6). The lowest BCUT2D eigenvalue weighted by Gasteiger charge is -2.18. The summed E-state index contributed by atoms with van der Waals surface area (Å²) >= 11 is 3.18. The Bertz CT molecular complexity index is 928. The van der Waals surface area contributed by atoms with Crippen LogP contribution in [0.4, 0.5) is 10.1 Å². The molecule has 0 saturated carbocycles. The number of carboxylic acid groups (broad SMARTS) is 2. The zero-order valence-corrected chi connectivity index (χ0v) is 18.6. The van der Waals surface area contributed by atoms with Gasteiger partial charge in [-0.3, -0.25) is 9.69 Å². The lowest BCUT2D eigenvalue weighted by atomic mass is 10.2. The fourth-order valence-corrected chi connectivity index (χ4v) is 2.69. The second kappa shape index (κ2) is 12.5. The van der Waals surface area contributed by atoms with E-state index in [4.69, 9.17) is 29.3 Å². The zero-order valence-electron chi connectivity index (χ0n) is 17.0. The number of benzene rings is 2. The van der Waals surface area contributed by atoms with Crippen LogP contribution in [0.3, 0.4) is 0 Å². The van der Waals surface area contributed by atoms with Crippen LogP contribution < -0.4 is 14.8 Å². The highest BCUT2D eigenvalue weighted by atomic mass is 79.9. The van der Waals surface area contributed by atoms with E-state index in [2.05, 4.69) is 21.2 Å². The van der Waals surface area contributed by atoms with Crippen molar-refractivity contribution in [2.75, 3.05) is 33.1 Å². The molecule has 0 aliphatic rings. The molecule has 1 amide bonds. The molecule has 0 radical (unpaired) electrons. The number of nitrogens with zero attached hydrogens (tertiary/aromatic N) is 1. The Morgan fingerprint density at radius 3 is 2.23 bits per heavy atom. The molecule has 2 aromatic carbocycles. The summed E-state index contributed by atoms with van der Waals surface area (Å²) in [6, 6.07) is 10.0. The fourth-order valence-electron chi connectivity index (χ4n) is 2.35. The molecule has 0 saturated heterocycles. The minimum absolute atomic E-state index is 0.116. The Balaban J connectivity index is 0.000000703. The number of nitrogens with one attached hydrogen (secondary N) is 1. The predicted molar refractivity (Wildman–Crippen MR) is 114 cm³/mol. The summed E-state index contributed by atoms with van der Waals surface area (Å²) in [6.45, 7) is 0.619. The Morgan fingerprint density at radius 1 is 1.06 bits per heavy atom. The highest BCUT2D eigenvalue weighted by Gasteiger charge is 2.13. The maximum absolute atomic E-state index is 13.8. The van der Waals surface area contributed by atoms with E-state index in [0.29, 0.717) is 22.5 Å². The summed E-state index contributed by atoms with van der Waals surface area (Å²) in [5.41, 5.74) is 1.08. The Morgan fingerprint density at radius 2 is 1.71 bits per heavy atom. The van der Waals surface area contributed by atoms with Crippen molar-refractivity contribution in [2.45, 2.75) is 6.54 Å². The monoisotopic (exact) mass is 500 g/mol. The van der Waals surface area contributed by atoms with Crippen LogP contribution in [-0.2, 0) is 20.9 Å². The number of hydrogen-bond acceptors (Lipinski definition) is 6. The van der Waals surface area contributed by atoms with Crippen molar-refractivity contribution >= 4 is 39.5 Å². The van der Waals surface area contributed by atoms with Gasteiger partial charge in [-0.15, -0.1) is 0 Å². The lowest BCUT2D eigenvalue weighted by molar-refractivity contribution is -0.159. The van der Waals surface area contributed by atoms with Gasteiger partial charge in [-0.2, -0.15) is 0 Å². The van der Waals surface area contributed by atoms with Gasteiger partial charge in [0.15, 0.2) is 0 Å². The van der Waals surface area contributed by atoms with E-state index in [9.17, 15) is 9.18 Å². The summed E-state index contributed by atoms with van der Waals surface area (Å²) in [4.78, 5) is 32.1. The molecule has 0 atom stereocenters. The van der Waals surface area contributed by atoms with E-state index in [1.807, 2.05) is 17.0 Å². The number of anilines is 1. The number of carbonyl (C=O) groups excluding carboxylic acids is 1. The van der Waals surface area contributed by atoms with Crippen molar-refractivity contribution in [2.24, 2.45) is 0 Å². The maximum Gasteiger partial charge on any atom is 0.414 e. The van der Waals surface area contributed by atoms with E-state index in [0.717, 1.165) is 5.56 Å². The second-order valence-corrected chi connectivity index (χ2v) is 7.05. The first kappa shape index (κ1) is 25.9. The highest BCUT2D eigenvalue weighted by Crippen LogP contribution is 2.25. The molecule has 2 rings (SSSR count). The number of carboxylic acids is 2. The van der Waals surface area contributed by atoms with Crippen molar-refractivity contribution in [3.8, 4) is 11.5 Å². The van der Waals surface area contributed by atoms with Gasteiger partial charge in [0, 0.05) is 22.6 Å². The number of likely N-dealkylation sites (N-methyl/N-ethyl adjacent to an activating group) is 1. The summed E-state index contributed by atoms with van der Waals surface area (Å²) in [5.74, 6) is -3.04. The number of ether oxygens (including phenoxy) is 2. The molecule has 0 aliphatic heterocycles. The molecular weight excluding hydrogens is 479 g/mol. The number of methoxy groups -OCH3 is 2. The molecule has 3 N–H and O–H groups in total. The number of rotatable bonds is 7. The van der Waals surface area contributed by atoms with Gasteiger partial charge in [0.1, 0.15) is 17.3 Å². The van der Waals surface area contributed by atoms with Gasteiger partial charge in [-0.05, 0) is 31.3 Å². The molecule has 0 aliphatic carbocycles. The average Bonchev–Trinajstić information content (AvgIpc) is 2.70. The van der Waals surface area contributed by atoms with Crippen LogP contribution in [0.5, 0.6) is 11.5 Å². The predicted octanol–water partition coefficient (Wildman–Crippen LogP) is 2.83. The van der Waals surface area contributed by atoms with Crippen molar-refractivity contribution in [1.29, 1.82) is 0 Å². The first-order chi connectivity index (χ1) is 14.6. The smallest absolute Gasteiger partial charge is 0.414 e. The maximum atomic E-state index is 13.8. The van der Waals surface area contributed by atoms with Gasteiger partial charge in [-0.1, -0.05) is 22.0 Å². The second-order valence-electron chi connectivity index (χ2n) is 6.13. The van der Waals surface area contributed by atoms with E-state index in [1.165, 1.54) is 12.1 Å². The quantitative estimate of drug-likeness (QED) is 0.495. The lowest BCUT2D eigenvalue weighted by Crippen LogP contribution is -2.30. The molecule has 0 heterocycles. The van der Waals surface area contributed by atoms with Crippen LogP contribution in [-0.4, -0.2) is 60.8 Å². The highest BCUT2D eigenvalue weighted by molar-refractivity contribution is 9.10. The third-order valence-electron chi connectivity index (χ3n) is 3.74. The fraction of sp³-hybridized carbons (Fsp3) is 0.250. The molecule has 31 heavy (non-hydrogen) atoms. The first-order valence-electron chi connectivity index (χ1n) is 8.68. The van der Waals surface area contributed by atoms with Gasteiger partial charge in [0.25, 0.3) is 0 Å². The average molecular weight is 501 g/mol. The van der Waals surface area contributed by atoms with Crippen LogP contribution >= 0.6 is 15.9 Å². The zero-order chi connectivity index (χ0) is 23.6. The van der Waals surface area contributed by atoms with Crippen LogP contribution in [0.25, 0.3) is 0 Å². The molecular formula is C20H22BrFN2O7. The number of halogens is 2. The molecule has 0 bridgehead atoms. The largest absolute Gasteiger partial charge is 0.497 e. The van der Waals surface area contributed by atoms with Gasteiger partial charge in [0.2, 0.25) is 5.91 Å². The number of aliphatic carboxylic acids is 2. The van der Waals surface area contributed by atoms with Crippen LogP contribution in [0.1, 0.15) is 5.56 Å². The minimum atomic E-state index is -1.82. The molecule has 9 nitrogen and oxygen atoms in total. The third-order valence-corrected chi connectivity index (χ3v) is 4.23. The van der Waals surface area contributed by atoms with Gasteiger partial charge < -0.3 is 25.0 Å². The van der Waals surface area contributed by atoms with Gasteiger partial charge in [-0.25, -0.2) is 14.0 Å². The molecule has 0 fully saturated rings. The van der Waals surface area contributed by atoms with Gasteiger partial charge >= 0.3 is 11.9 Å². The normalized spacial score (nSPS) is 10.0. The SMILES string of the molecule is COc1ccc(CN(C)CC(=O)Nc2ccc(Br)cc2F)c(OC)c1.O=C(O)C(=O)O. The summed E-state index contributed by atoms with van der Waals surface area (Å²) in [7, 11) is 4.98. The Kier molecular flexibility index (Phi) is 10.4. The first-order valence-corrected chi connectivity index (χ1v) is 9.47. The number of hydrogen-bond donors (Lipinski definition) is 3. The Hall–Kier alpha value is -3.18. The molecule has 2 aromatic rings. The number of amides is 1. The number of carbonyl (C=O) groups is 3. The van der Waals surface area contributed by atoms with E-state index >= 15 is 0 Å². The molecule has 168 valence electrons. The third kappa shape index (κ3) is 9.01. The minimum Gasteiger partial charge on any atom is -0.497 e. The summed E-state index contributed by atoms with van der Waals surface area (Å²) in [5, 5.41) is 17.4. The van der Waals surface area contributed by atoms with Gasteiger partial charge in [0.05, 0.1) is 26.5 Å². The van der Waals surface area contributed by atoms with E-state index in [-0.39, 0.29) is 18.1 Å². The van der Waals surface area contributed by atoms with E-state index < -0.39 is 17.8 Å². The Labute approximate surface area is 186 Å². The topological polar surface area (TPSA) is 125 Å². The van der Waals surface area contributed by atoms with Crippen molar-refractivity contribution in [3.05, 3.63) is 52.3 Å². The van der Waals surface area contributed by atoms with Crippen molar-refractivity contribution in [3.63, 3.8) is 0 Å². The van der Waals surface area contributed by atoms with Crippen molar-refractivity contribution in [1.82, 2.24) is 4.90 Å². The van der Waals surface area contributed by atoms with Crippen LogP contribution in [0, 0.1) is 5.82 Å². The summed E-state index contributed by atoms with van der Waals surface area (Å²) < 4.78 is 24.9. The van der Waals surface area contributed by atoms with E-state index in [1.54, 1.807) is 33.4 Å². The van der Waals surface area contributed by atoms with Crippen LogP contribution in [0.2, 0.25) is 0 Å². The molecule has 0 unspecified atom stereocenters. The summed E-state index contributed by atoms with van der Waals surface area (Å²) in [6.07, 6.45) is 0. The van der Waals surface area contributed by atoms with Crippen LogP contribution in [0.15, 0.2) is 40.9 Å². The molecule has 0 spiro atoms. The molecule has 0 aromatic heterocycles. The molecule has 11 heteroatoms.